The van der Waals surface area contributed by atoms with E-state index in [1.807, 2.05) is 0 Å². The Morgan fingerprint density at radius 2 is 0.912 bits per heavy atom. The van der Waals surface area contributed by atoms with Gasteiger partial charge in [0, 0.05) is 11.8 Å². The predicted molar refractivity (Wildman–Crippen MR) is 154 cm³/mol. The van der Waals surface area contributed by atoms with Crippen LogP contribution in [-0.2, 0) is 4.79 Å². The highest BCUT2D eigenvalue weighted by Crippen LogP contribution is 2.22. The number of carbonyl (C=O) groups is 1. The van der Waals surface area contributed by atoms with Crippen molar-refractivity contribution in [3.8, 4) is 0 Å². The molecule has 0 radical (unpaired) electrons. The minimum atomic E-state index is -0.0342. The van der Waals surface area contributed by atoms with E-state index in [0.717, 1.165) is 51.4 Å². The van der Waals surface area contributed by atoms with Crippen molar-refractivity contribution in [2.24, 2.45) is 11.8 Å². The molecule has 2 unspecified atom stereocenters. The summed E-state index contributed by atoms with van der Waals surface area (Å²) in [4.78, 5) is 13.1. The topological polar surface area (TPSA) is 17.1 Å². The van der Waals surface area contributed by atoms with Crippen molar-refractivity contribution in [1.29, 1.82) is 0 Å². The van der Waals surface area contributed by atoms with E-state index in [-0.39, 0.29) is 11.8 Å². The lowest BCUT2D eigenvalue weighted by molar-refractivity contribution is -0.123. The summed E-state index contributed by atoms with van der Waals surface area (Å²) in [6.07, 6.45) is 22.3. The van der Waals surface area contributed by atoms with E-state index in [2.05, 4.69) is 106 Å². The summed E-state index contributed by atoms with van der Waals surface area (Å²) in [5, 5.41) is 0. The Hall–Kier alpha value is -1.89. The second-order valence-corrected chi connectivity index (χ2v) is 10.2. The van der Waals surface area contributed by atoms with Crippen molar-refractivity contribution in [3.63, 3.8) is 0 Å². The first-order chi connectivity index (χ1) is 16.0. The van der Waals surface area contributed by atoms with Crippen LogP contribution in [0, 0.1) is 11.8 Å². The average molecular weight is 467 g/mol. The molecule has 1 nitrogen and oxygen atoms in total. The highest BCUT2D eigenvalue weighted by molar-refractivity contribution is 5.87. The van der Waals surface area contributed by atoms with Crippen LogP contribution in [0.5, 0.6) is 0 Å². The van der Waals surface area contributed by atoms with Gasteiger partial charge in [-0.05, 0) is 92.9 Å². The largest absolute Gasteiger partial charge is 0.298 e. The quantitative estimate of drug-likeness (QED) is 0.207. The Labute approximate surface area is 212 Å². The second kappa shape index (κ2) is 18.4. The molecule has 0 saturated heterocycles. The lowest BCUT2D eigenvalue weighted by Crippen LogP contribution is -2.21. The first-order valence-corrected chi connectivity index (χ1v) is 13.5. The molecule has 0 aromatic carbocycles. The molecule has 2 atom stereocenters. The molecule has 0 heterocycles. The van der Waals surface area contributed by atoms with Crippen molar-refractivity contribution in [3.05, 3.63) is 69.9 Å². The van der Waals surface area contributed by atoms with E-state index in [4.69, 9.17) is 0 Å². The summed E-state index contributed by atoms with van der Waals surface area (Å²) < 4.78 is 0. The van der Waals surface area contributed by atoms with Crippen molar-refractivity contribution >= 4 is 5.78 Å². The molecule has 0 amide bonds. The molecule has 0 aliphatic heterocycles. The van der Waals surface area contributed by atoms with Gasteiger partial charge in [0.05, 0.1) is 0 Å². The number of rotatable bonds is 16. The van der Waals surface area contributed by atoms with Crippen LogP contribution in [-0.4, -0.2) is 5.78 Å². The third kappa shape index (κ3) is 14.4. The number of hydrogen-bond donors (Lipinski definition) is 0. The molecule has 1 heteroatoms. The van der Waals surface area contributed by atoms with Crippen LogP contribution >= 0.6 is 0 Å². The van der Waals surface area contributed by atoms with Crippen LogP contribution < -0.4 is 0 Å². The number of hydrogen-bond acceptors (Lipinski definition) is 1. The van der Waals surface area contributed by atoms with Crippen molar-refractivity contribution in [2.75, 3.05) is 0 Å². The van der Waals surface area contributed by atoms with E-state index in [9.17, 15) is 4.79 Å². The number of allylic oxidation sites excluding steroid dienone is 12. The Kier molecular flexibility index (Phi) is 17.4. The van der Waals surface area contributed by atoms with Gasteiger partial charge in [-0.3, -0.25) is 4.79 Å². The summed E-state index contributed by atoms with van der Waals surface area (Å²) in [5.41, 5.74) is 8.15. The third-order valence-corrected chi connectivity index (χ3v) is 7.21. The molecule has 0 aliphatic rings. The van der Waals surface area contributed by atoms with Crippen LogP contribution in [0.2, 0.25) is 0 Å². The van der Waals surface area contributed by atoms with E-state index in [0.29, 0.717) is 5.78 Å². The number of ketones is 1. The normalized spacial score (nSPS) is 16.6. The van der Waals surface area contributed by atoms with Crippen molar-refractivity contribution in [2.45, 2.75) is 121 Å². The molecule has 0 bridgehead atoms. The van der Waals surface area contributed by atoms with Gasteiger partial charge < -0.3 is 0 Å². The molecule has 0 aliphatic carbocycles. The maximum atomic E-state index is 13.1. The Bertz CT molecular complexity index is 728. The highest BCUT2D eigenvalue weighted by atomic mass is 16.1. The van der Waals surface area contributed by atoms with E-state index >= 15 is 0 Å². The van der Waals surface area contributed by atoms with Crippen LogP contribution in [0.1, 0.15) is 121 Å². The molecular formula is C33H54O. The molecule has 0 N–H and O–H groups in total. The zero-order valence-electron chi connectivity index (χ0n) is 24.2. The fraction of sp³-hybridized carbons (Fsp3) is 0.606. The minimum Gasteiger partial charge on any atom is -0.298 e. The fourth-order valence-electron chi connectivity index (χ4n) is 3.65. The van der Waals surface area contributed by atoms with Gasteiger partial charge in [-0.1, -0.05) is 97.6 Å². The van der Waals surface area contributed by atoms with Gasteiger partial charge in [-0.25, -0.2) is 0 Å². The molecule has 0 aromatic rings. The van der Waals surface area contributed by atoms with Crippen LogP contribution in [0.4, 0.5) is 0 Å². The molecule has 0 spiro atoms. The maximum absolute atomic E-state index is 13.1. The maximum Gasteiger partial charge on any atom is 0.146 e. The predicted octanol–water partition coefficient (Wildman–Crippen LogP) is 10.7. The minimum absolute atomic E-state index is 0.0342. The molecule has 34 heavy (non-hydrogen) atoms. The molecule has 0 saturated carbocycles. The summed E-state index contributed by atoms with van der Waals surface area (Å²) in [6.45, 7) is 21.6. The Balaban J connectivity index is 4.76. The molecular weight excluding hydrogens is 412 g/mol. The van der Waals surface area contributed by atoms with Gasteiger partial charge in [0.25, 0.3) is 0 Å². The summed E-state index contributed by atoms with van der Waals surface area (Å²) in [6, 6.07) is 0. The summed E-state index contributed by atoms with van der Waals surface area (Å²) in [5.74, 6) is 0.255. The SMILES string of the molecule is CCC(C)=CCCC(C)=CCC=C(C)C(C)C(=O)C(C)C(C)=CCC=C(C)CCC=C(C)CC. The van der Waals surface area contributed by atoms with Crippen molar-refractivity contribution < 1.29 is 4.79 Å². The van der Waals surface area contributed by atoms with Gasteiger partial charge in [0.2, 0.25) is 0 Å². The zero-order valence-corrected chi connectivity index (χ0v) is 24.2. The smallest absolute Gasteiger partial charge is 0.146 e. The monoisotopic (exact) mass is 466 g/mol. The van der Waals surface area contributed by atoms with Crippen LogP contribution in [0.25, 0.3) is 0 Å². The Morgan fingerprint density at radius 1 is 0.559 bits per heavy atom. The highest BCUT2D eigenvalue weighted by Gasteiger charge is 2.21. The third-order valence-electron chi connectivity index (χ3n) is 7.21. The lowest BCUT2D eigenvalue weighted by Gasteiger charge is -2.18. The van der Waals surface area contributed by atoms with Gasteiger partial charge in [0.1, 0.15) is 5.78 Å². The van der Waals surface area contributed by atoms with Gasteiger partial charge in [-0.15, -0.1) is 0 Å². The van der Waals surface area contributed by atoms with E-state index < -0.39 is 0 Å². The van der Waals surface area contributed by atoms with Gasteiger partial charge in [-0.2, -0.15) is 0 Å². The first kappa shape index (κ1) is 32.1. The van der Waals surface area contributed by atoms with Crippen molar-refractivity contribution in [1.82, 2.24) is 0 Å². The van der Waals surface area contributed by atoms with Gasteiger partial charge >= 0.3 is 0 Å². The van der Waals surface area contributed by atoms with E-state index in [1.54, 1.807) is 0 Å². The molecule has 0 rings (SSSR count). The number of Topliss-reactive ketones (excluding diaryl/α,β-unsaturated/α-hetero) is 1. The van der Waals surface area contributed by atoms with Crippen LogP contribution in [0.3, 0.4) is 0 Å². The Morgan fingerprint density at radius 3 is 1.24 bits per heavy atom. The average Bonchev–Trinajstić information content (AvgIpc) is 2.81. The summed E-state index contributed by atoms with van der Waals surface area (Å²) in [7, 11) is 0. The number of carbonyl (C=O) groups excluding carboxylic acids is 1. The first-order valence-electron chi connectivity index (χ1n) is 13.5. The van der Waals surface area contributed by atoms with E-state index in [1.165, 1.54) is 33.4 Å². The van der Waals surface area contributed by atoms with Crippen LogP contribution in [0.15, 0.2) is 69.9 Å². The second-order valence-electron chi connectivity index (χ2n) is 10.2. The standard InChI is InChI=1S/C33H54O/c1-11-25(3)17-13-19-27(5)21-15-23-29(7)31(9)33(34)32(10)30(8)24-16-22-28(6)20-14-18-26(4)12-2/h17-18,21-24,31-32H,11-16,19-20H2,1-10H3. The fourth-order valence-corrected chi connectivity index (χ4v) is 3.65. The lowest BCUT2D eigenvalue weighted by atomic mass is 9.85. The zero-order chi connectivity index (χ0) is 26.1. The van der Waals surface area contributed by atoms with Gasteiger partial charge in [0.15, 0.2) is 0 Å². The molecule has 0 aromatic heterocycles. The molecule has 192 valence electrons. The summed E-state index contributed by atoms with van der Waals surface area (Å²) >= 11 is 0. The molecule has 0 fully saturated rings.